The van der Waals surface area contributed by atoms with Gasteiger partial charge in [-0.15, -0.1) is 0 Å². The van der Waals surface area contributed by atoms with Gasteiger partial charge < -0.3 is 24.6 Å². The van der Waals surface area contributed by atoms with E-state index in [4.69, 9.17) is 9.47 Å². The van der Waals surface area contributed by atoms with Gasteiger partial charge in [0.05, 0.1) is 12.7 Å². The first-order valence-corrected chi connectivity index (χ1v) is 11.8. The minimum atomic E-state index is -0.227. The summed E-state index contributed by atoms with van der Waals surface area (Å²) in [5.41, 5.74) is 1.54. The third-order valence-corrected chi connectivity index (χ3v) is 5.81. The fourth-order valence-electron chi connectivity index (χ4n) is 3.65. The van der Waals surface area contributed by atoms with E-state index in [1.807, 2.05) is 54.6 Å². The molecule has 7 heteroatoms. The number of ether oxygens (including phenoxy) is 2. The van der Waals surface area contributed by atoms with Crippen molar-refractivity contribution >= 4 is 17.5 Å². The van der Waals surface area contributed by atoms with Crippen LogP contribution in [0.15, 0.2) is 72.8 Å². The van der Waals surface area contributed by atoms with Gasteiger partial charge in [0.15, 0.2) is 0 Å². The average molecular weight is 476 g/mol. The third kappa shape index (κ3) is 6.83. The van der Waals surface area contributed by atoms with Crippen molar-refractivity contribution in [1.82, 2.24) is 10.2 Å². The fourth-order valence-corrected chi connectivity index (χ4v) is 3.65. The molecule has 0 aliphatic heterocycles. The second-order valence-electron chi connectivity index (χ2n) is 7.97. The van der Waals surface area contributed by atoms with Crippen LogP contribution >= 0.6 is 0 Å². The molecule has 1 N–H and O–H groups in total. The monoisotopic (exact) mass is 475 g/mol. The largest absolute Gasteiger partial charge is 0.496 e. The SMILES string of the molecule is CCN(CC)CCNC(=O)c1ccc(C(=O)N(C)c2ccc(Oc3ccccc3)cc2)cc1OC. The molecule has 7 nitrogen and oxygen atoms in total. The van der Waals surface area contributed by atoms with Crippen LogP contribution in [0.2, 0.25) is 0 Å². The summed E-state index contributed by atoms with van der Waals surface area (Å²) in [7, 11) is 3.20. The van der Waals surface area contributed by atoms with Crippen LogP contribution in [0.1, 0.15) is 34.6 Å². The number of hydrogen-bond acceptors (Lipinski definition) is 5. The Morgan fingerprint density at radius 1 is 0.886 bits per heavy atom. The van der Waals surface area contributed by atoms with Gasteiger partial charge in [-0.3, -0.25) is 9.59 Å². The van der Waals surface area contributed by atoms with Gasteiger partial charge in [-0.05, 0) is 67.7 Å². The highest BCUT2D eigenvalue weighted by Gasteiger charge is 2.19. The quantitative estimate of drug-likeness (QED) is 0.430. The van der Waals surface area contributed by atoms with Crippen LogP contribution in [0.5, 0.6) is 17.2 Å². The number of amides is 2. The lowest BCUT2D eigenvalue weighted by Crippen LogP contribution is -2.35. The average Bonchev–Trinajstić information content (AvgIpc) is 2.90. The molecular weight excluding hydrogens is 442 g/mol. The second-order valence-corrected chi connectivity index (χ2v) is 7.97. The molecule has 0 unspecified atom stereocenters. The summed E-state index contributed by atoms with van der Waals surface area (Å²) in [4.78, 5) is 29.6. The van der Waals surface area contributed by atoms with Gasteiger partial charge in [0, 0.05) is 31.4 Å². The van der Waals surface area contributed by atoms with Crippen molar-refractivity contribution in [2.24, 2.45) is 0 Å². The Hall–Kier alpha value is -3.84. The lowest BCUT2D eigenvalue weighted by Gasteiger charge is -2.19. The number of benzene rings is 3. The molecule has 0 fully saturated rings. The van der Waals surface area contributed by atoms with E-state index >= 15 is 0 Å². The normalized spacial score (nSPS) is 10.7. The molecule has 2 amide bonds. The van der Waals surface area contributed by atoms with Gasteiger partial charge in [-0.1, -0.05) is 32.0 Å². The minimum absolute atomic E-state index is 0.214. The van der Waals surface area contributed by atoms with Crippen molar-refractivity contribution in [3.63, 3.8) is 0 Å². The van der Waals surface area contributed by atoms with E-state index in [0.29, 0.717) is 34.9 Å². The Labute approximate surface area is 207 Å². The number of carbonyl (C=O) groups excluding carboxylic acids is 2. The summed E-state index contributed by atoms with van der Waals surface area (Å²) in [6.45, 7) is 7.36. The molecular formula is C28H33N3O4. The van der Waals surface area contributed by atoms with Crippen molar-refractivity contribution < 1.29 is 19.1 Å². The van der Waals surface area contributed by atoms with Crippen LogP contribution in [-0.4, -0.2) is 57.1 Å². The highest BCUT2D eigenvalue weighted by atomic mass is 16.5. The lowest BCUT2D eigenvalue weighted by molar-refractivity contribution is 0.0942. The predicted molar refractivity (Wildman–Crippen MR) is 139 cm³/mol. The number of likely N-dealkylation sites (N-methyl/N-ethyl adjacent to an activating group) is 1. The number of nitrogens with one attached hydrogen (secondary N) is 1. The number of anilines is 1. The number of hydrogen-bond donors (Lipinski definition) is 1. The highest BCUT2D eigenvalue weighted by Crippen LogP contribution is 2.26. The summed E-state index contributed by atoms with van der Waals surface area (Å²) < 4.78 is 11.2. The van der Waals surface area contributed by atoms with E-state index in [1.165, 1.54) is 7.11 Å². The maximum Gasteiger partial charge on any atom is 0.258 e. The maximum absolute atomic E-state index is 13.1. The first-order valence-electron chi connectivity index (χ1n) is 11.8. The van der Waals surface area contributed by atoms with Crippen LogP contribution in [0.4, 0.5) is 5.69 Å². The van der Waals surface area contributed by atoms with Crippen LogP contribution in [0.25, 0.3) is 0 Å². The van der Waals surface area contributed by atoms with Gasteiger partial charge in [0.1, 0.15) is 17.2 Å². The molecule has 0 aromatic heterocycles. The van der Waals surface area contributed by atoms with Crippen molar-refractivity contribution in [2.75, 3.05) is 45.2 Å². The highest BCUT2D eigenvalue weighted by molar-refractivity contribution is 6.07. The molecule has 0 heterocycles. The van der Waals surface area contributed by atoms with Gasteiger partial charge in [0.2, 0.25) is 0 Å². The first-order chi connectivity index (χ1) is 17.0. The van der Waals surface area contributed by atoms with Crippen molar-refractivity contribution in [1.29, 1.82) is 0 Å². The van der Waals surface area contributed by atoms with Gasteiger partial charge in [0.25, 0.3) is 11.8 Å². The third-order valence-electron chi connectivity index (χ3n) is 5.81. The van der Waals surface area contributed by atoms with E-state index in [1.54, 1.807) is 30.1 Å². The Balaban J connectivity index is 1.66. The molecule has 0 radical (unpaired) electrons. The molecule has 3 aromatic carbocycles. The molecule has 35 heavy (non-hydrogen) atoms. The molecule has 0 aliphatic carbocycles. The van der Waals surface area contributed by atoms with Crippen molar-refractivity contribution in [3.8, 4) is 17.2 Å². The lowest BCUT2D eigenvalue weighted by atomic mass is 10.1. The van der Waals surface area contributed by atoms with E-state index in [2.05, 4.69) is 24.1 Å². The second kappa shape index (κ2) is 12.6. The molecule has 0 spiro atoms. The first kappa shape index (κ1) is 25.8. The Bertz CT molecular complexity index is 1110. The summed E-state index contributed by atoms with van der Waals surface area (Å²) in [5.74, 6) is 1.34. The molecule has 3 rings (SSSR count). The number of methoxy groups -OCH3 is 1. The van der Waals surface area contributed by atoms with Crippen LogP contribution < -0.4 is 19.7 Å². The number of carbonyl (C=O) groups is 2. The van der Waals surface area contributed by atoms with Gasteiger partial charge in [-0.25, -0.2) is 0 Å². The molecule has 0 aliphatic rings. The number of rotatable bonds is 11. The van der Waals surface area contributed by atoms with E-state index in [9.17, 15) is 9.59 Å². The predicted octanol–water partition coefficient (Wildman–Crippen LogP) is 4.84. The van der Waals surface area contributed by atoms with E-state index in [-0.39, 0.29) is 11.8 Å². The number of nitrogens with zero attached hydrogens (tertiary/aromatic N) is 2. The number of para-hydroxylation sites is 1. The van der Waals surface area contributed by atoms with E-state index in [0.717, 1.165) is 25.4 Å². The zero-order valence-corrected chi connectivity index (χ0v) is 20.8. The zero-order valence-electron chi connectivity index (χ0n) is 20.8. The van der Waals surface area contributed by atoms with Crippen molar-refractivity contribution in [2.45, 2.75) is 13.8 Å². The molecule has 3 aromatic rings. The molecule has 0 saturated heterocycles. The van der Waals surface area contributed by atoms with Gasteiger partial charge in [-0.2, -0.15) is 0 Å². The maximum atomic E-state index is 13.1. The molecule has 0 saturated carbocycles. The zero-order chi connectivity index (χ0) is 25.2. The molecule has 0 bridgehead atoms. The fraction of sp³-hybridized carbons (Fsp3) is 0.286. The van der Waals surface area contributed by atoms with Crippen molar-refractivity contribution in [3.05, 3.63) is 83.9 Å². The molecule has 184 valence electrons. The smallest absolute Gasteiger partial charge is 0.258 e. The topological polar surface area (TPSA) is 71.1 Å². The Morgan fingerprint density at radius 3 is 2.17 bits per heavy atom. The molecule has 0 atom stereocenters. The Morgan fingerprint density at radius 2 is 1.54 bits per heavy atom. The van der Waals surface area contributed by atoms with Crippen LogP contribution in [0, 0.1) is 0 Å². The van der Waals surface area contributed by atoms with Gasteiger partial charge >= 0.3 is 0 Å². The standard InChI is InChI=1S/C28H33N3O4/c1-5-31(6-2)19-18-29-27(32)25-17-12-21(20-26(25)34-4)28(33)30(3)22-13-15-24(16-14-22)35-23-10-8-7-9-11-23/h7-17,20H,5-6,18-19H2,1-4H3,(H,29,32). The summed E-state index contributed by atoms with van der Waals surface area (Å²) in [6.07, 6.45) is 0. The van der Waals surface area contributed by atoms with Crippen LogP contribution in [-0.2, 0) is 0 Å². The minimum Gasteiger partial charge on any atom is -0.496 e. The Kier molecular flexibility index (Phi) is 9.26. The van der Waals surface area contributed by atoms with Crippen LogP contribution in [0.3, 0.4) is 0 Å². The summed E-state index contributed by atoms with van der Waals surface area (Å²) >= 11 is 0. The van der Waals surface area contributed by atoms with E-state index < -0.39 is 0 Å². The summed E-state index contributed by atoms with van der Waals surface area (Å²) in [5, 5.41) is 2.92. The summed E-state index contributed by atoms with van der Waals surface area (Å²) in [6, 6.07) is 21.7.